The van der Waals surface area contributed by atoms with E-state index in [0.717, 1.165) is 0 Å². The van der Waals surface area contributed by atoms with Crippen molar-refractivity contribution in [1.82, 2.24) is 5.32 Å². The van der Waals surface area contributed by atoms with Gasteiger partial charge in [-0.1, -0.05) is 31.2 Å². The summed E-state index contributed by atoms with van der Waals surface area (Å²) in [7, 11) is 0. The summed E-state index contributed by atoms with van der Waals surface area (Å²) in [5.74, 6) is -1.44. The van der Waals surface area contributed by atoms with Crippen LogP contribution in [0.1, 0.15) is 34.8 Å². The van der Waals surface area contributed by atoms with Crippen LogP contribution in [0.3, 0.4) is 0 Å². The molecule has 0 aromatic heterocycles. The number of amides is 3. The van der Waals surface area contributed by atoms with Gasteiger partial charge in [0, 0.05) is 46.1 Å². The number of carbonyl (C=O) groups is 3. The van der Waals surface area contributed by atoms with Gasteiger partial charge in [-0.05, 0) is 79.1 Å². The van der Waals surface area contributed by atoms with Crippen molar-refractivity contribution in [2.45, 2.75) is 30.4 Å². The van der Waals surface area contributed by atoms with Crippen LogP contribution in [-0.4, -0.2) is 32.8 Å². The summed E-state index contributed by atoms with van der Waals surface area (Å²) >= 11 is 1.28. The Bertz CT molecular complexity index is 1810. The van der Waals surface area contributed by atoms with Gasteiger partial charge >= 0.3 is 0 Å². The lowest BCUT2D eigenvalue weighted by Gasteiger charge is -2.17. The second-order valence-corrected chi connectivity index (χ2v) is 11.2. The fourth-order valence-corrected chi connectivity index (χ4v) is 5.26. The molecule has 0 saturated heterocycles. The lowest BCUT2D eigenvalue weighted by molar-refractivity contribution is -0.385. The first-order valence-electron chi connectivity index (χ1n) is 14.0. The molecular formula is C33H29N5O7S. The Morgan fingerprint density at radius 2 is 1.50 bits per heavy atom. The number of nitro benzene ring substituents is 2. The van der Waals surface area contributed by atoms with Crippen LogP contribution in [0, 0.1) is 27.2 Å². The van der Waals surface area contributed by atoms with E-state index in [9.17, 15) is 34.6 Å². The van der Waals surface area contributed by atoms with Gasteiger partial charge in [0.25, 0.3) is 23.2 Å². The summed E-state index contributed by atoms with van der Waals surface area (Å²) in [6.45, 7) is 3.53. The molecule has 0 fully saturated rings. The Hall–Kier alpha value is -5.82. The normalized spacial score (nSPS) is 11.7. The molecule has 0 radical (unpaired) electrons. The van der Waals surface area contributed by atoms with E-state index in [1.54, 1.807) is 61.5 Å². The Labute approximate surface area is 268 Å². The number of carbonyl (C=O) groups excluding carboxylic acids is 3. The van der Waals surface area contributed by atoms with E-state index in [1.165, 1.54) is 60.3 Å². The van der Waals surface area contributed by atoms with Crippen LogP contribution in [0.2, 0.25) is 0 Å². The van der Waals surface area contributed by atoms with E-state index in [-0.39, 0.29) is 23.0 Å². The van der Waals surface area contributed by atoms with Gasteiger partial charge in [0.15, 0.2) is 0 Å². The molecule has 1 unspecified atom stereocenters. The topological polar surface area (TPSA) is 174 Å². The van der Waals surface area contributed by atoms with Crippen LogP contribution in [0.4, 0.5) is 22.7 Å². The Morgan fingerprint density at radius 3 is 2.13 bits per heavy atom. The molecule has 4 aromatic carbocycles. The first-order valence-corrected chi connectivity index (χ1v) is 14.9. The summed E-state index contributed by atoms with van der Waals surface area (Å²) < 4.78 is 0. The number of rotatable bonds is 12. The second kappa shape index (κ2) is 15.3. The largest absolute Gasteiger partial charge is 0.325 e. The highest BCUT2D eigenvalue weighted by molar-refractivity contribution is 8.00. The van der Waals surface area contributed by atoms with Gasteiger partial charge in [-0.3, -0.25) is 34.6 Å². The van der Waals surface area contributed by atoms with Crippen molar-refractivity contribution in [3.05, 3.63) is 140 Å². The number of nitrogens with one attached hydrogen (secondary N) is 3. The maximum absolute atomic E-state index is 13.4. The van der Waals surface area contributed by atoms with Crippen LogP contribution in [0.15, 0.2) is 108 Å². The van der Waals surface area contributed by atoms with Gasteiger partial charge in [-0.25, -0.2) is 0 Å². The molecule has 0 aliphatic heterocycles. The number of nitrogens with zero attached hydrogens (tertiary/aromatic N) is 2. The monoisotopic (exact) mass is 639 g/mol. The highest BCUT2D eigenvalue weighted by Crippen LogP contribution is 2.30. The lowest BCUT2D eigenvalue weighted by atomic mass is 10.1. The third-order valence-corrected chi connectivity index (χ3v) is 8.01. The van der Waals surface area contributed by atoms with Crippen molar-refractivity contribution < 1.29 is 24.2 Å². The number of hydrogen-bond donors (Lipinski definition) is 3. The van der Waals surface area contributed by atoms with E-state index in [4.69, 9.17) is 0 Å². The predicted octanol–water partition coefficient (Wildman–Crippen LogP) is 6.73. The minimum absolute atomic E-state index is 0.0684. The number of thioether (sulfide) groups is 1. The fourth-order valence-electron chi connectivity index (χ4n) is 4.25. The lowest BCUT2D eigenvalue weighted by Crippen LogP contribution is -2.30. The molecule has 4 rings (SSSR count). The van der Waals surface area contributed by atoms with E-state index in [2.05, 4.69) is 16.0 Å². The van der Waals surface area contributed by atoms with Crippen LogP contribution in [-0.2, 0) is 9.59 Å². The van der Waals surface area contributed by atoms with Crippen molar-refractivity contribution in [1.29, 1.82) is 0 Å². The van der Waals surface area contributed by atoms with E-state index < -0.39 is 26.9 Å². The van der Waals surface area contributed by atoms with E-state index in [1.807, 2.05) is 6.92 Å². The van der Waals surface area contributed by atoms with Crippen molar-refractivity contribution in [3.8, 4) is 0 Å². The standard InChI is InChI=1S/C33H29N5O7S/c1-3-30(33(41)35-28-17-16-26(38(44)45)18-21(28)2)46-27-11-7-10-24(20-27)34-32(40)29(36-31(39)23-8-5-4-6-9-23)19-22-12-14-25(15-13-22)37(42)43/h4-20,30H,3H2,1-2H3,(H,34,40)(H,35,41)(H,36,39)/b29-19+. The zero-order valence-corrected chi connectivity index (χ0v) is 25.6. The molecule has 0 aliphatic rings. The van der Waals surface area contributed by atoms with E-state index in [0.29, 0.717) is 39.4 Å². The SMILES string of the molecule is CCC(Sc1cccc(NC(=O)/C(=C\c2ccc([N+](=O)[O-])cc2)NC(=O)c2ccccc2)c1)C(=O)Nc1ccc([N+](=O)[O-])cc1C. The number of nitro groups is 2. The van der Waals surface area contributed by atoms with Gasteiger partial charge < -0.3 is 16.0 Å². The molecule has 12 nitrogen and oxygen atoms in total. The van der Waals surface area contributed by atoms with Gasteiger partial charge in [-0.2, -0.15) is 0 Å². The molecule has 46 heavy (non-hydrogen) atoms. The maximum atomic E-state index is 13.4. The predicted molar refractivity (Wildman–Crippen MR) is 176 cm³/mol. The molecule has 13 heteroatoms. The van der Waals surface area contributed by atoms with Crippen LogP contribution in [0.5, 0.6) is 0 Å². The average molecular weight is 640 g/mol. The summed E-state index contributed by atoms with van der Waals surface area (Å²) in [5, 5.41) is 29.8. The number of benzene rings is 4. The van der Waals surface area contributed by atoms with Crippen molar-refractivity contribution in [3.63, 3.8) is 0 Å². The second-order valence-electron chi connectivity index (χ2n) is 9.97. The van der Waals surface area contributed by atoms with Crippen LogP contribution in [0.25, 0.3) is 6.08 Å². The van der Waals surface area contributed by atoms with Crippen LogP contribution < -0.4 is 16.0 Å². The van der Waals surface area contributed by atoms with E-state index >= 15 is 0 Å². The van der Waals surface area contributed by atoms with Crippen molar-refractivity contribution in [2.75, 3.05) is 10.6 Å². The summed E-state index contributed by atoms with van der Waals surface area (Å²) in [4.78, 5) is 61.2. The number of aryl methyl sites for hydroxylation is 1. The van der Waals surface area contributed by atoms with Gasteiger partial charge in [0.05, 0.1) is 15.1 Å². The molecule has 1 atom stereocenters. The number of non-ortho nitro benzene ring substituents is 2. The van der Waals surface area contributed by atoms with Gasteiger partial charge in [0.2, 0.25) is 5.91 Å². The van der Waals surface area contributed by atoms with Crippen molar-refractivity contribution in [2.24, 2.45) is 0 Å². The molecule has 0 aliphatic carbocycles. The molecule has 0 bridgehead atoms. The highest BCUT2D eigenvalue weighted by Gasteiger charge is 2.21. The third kappa shape index (κ3) is 8.86. The minimum atomic E-state index is -0.636. The Balaban J connectivity index is 1.51. The Kier molecular flexibility index (Phi) is 11.0. The Morgan fingerprint density at radius 1 is 0.826 bits per heavy atom. The van der Waals surface area contributed by atoms with Crippen molar-refractivity contribution >= 4 is 58.3 Å². The first kappa shape index (κ1) is 33.1. The molecular weight excluding hydrogens is 610 g/mol. The zero-order chi connectivity index (χ0) is 33.2. The highest BCUT2D eigenvalue weighted by atomic mass is 32.2. The number of anilines is 2. The zero-order valence-electron chi connectivity index (χ0n) is 24.8. The quantitative estimate of drug-likeness (QED) is 0.0662. The maximum Gasteiger partial charge on any atom is 0.272 e. The molecule has 0 heterocycles. The molecule has 0 spiro atoms. The molecule has 0 saturated carbocycles. The summed E-state index contributed by atoms with van der Waals surface area (Å²) in [6.07, 6.45) is 1.89. The van der Waals surface area contributed by atoms with Gasteiger partial charge in [0.1, 0.15) is 5.70 Å². The van der Waals surface area contributed by atoms with Crippen LogP contribution >= 0.6 is 11.8 Å². The third-order valence-electron chi connectivity index (χ3n) is 6.66. The average Bonchev–Trinajstić information content (AvgIpc) is 3.04. The molecule has 3 amide bonds. The fraction of sp³-hybridized carbons (Fsp3) is 0.121. The van der Waals surface area contributed by atoms with Gasteiger partial charge in [-0.15, -0.1) is 11.8 Å². The summed E-state index contributed by atoms with van der Waals surface area (Å²) in [6, 6.07) is 24.9. The minimum Gasteiger partial charge on any atom is -0.325 e. The first-order chi connectivity index (χ1) is 22.0. The number of hydrogen-bond acceptors (Lipinski definition) is 8. The molecule has 3 N–H and O–H groups in total. The summed E-state index contributed by atoms with van der Waals surface area (Å²) in [5.41, 5.74) is 1.94. The smallest absolute Gasteiger partial charge is 0.272 e. The molecule has 4 aromatic rings. The molecule has 234 valence electrons.